The Kier molecular flexibility index (Phi) is 6.67. The lowest BCUT2D eigenvalue weighted by Gasteiger charge is -2.15. The van der Waals surface area contributed by atoms with Crippen molar-refractivity contribution in [1.29, 1.82) is 0 Å². The molecule has 30 heavy (non-hydrogen) atoms. The van der Waals surface area contributed by atoms with Crippen LogP contribution in [0.2, 0.25) is 0 Å². The van der Waals surface area contributed by atoms with Crippen LogP contribution >= 0.6 is 0 Å². The van der Waals surface area contributed by atoms with E-state index in [-0.39, 0.29) is 11.8 Å². The van der Waals surface area contributed by atoms with Gasteiger partial charge in [0.2, 0.25) is 5.91 Å². The van der Waals surface area contributed by atoms with Gasteiger partial charge in [0.05, 0.1) is 6.10 Å². The second-order valence-corrected chi connectivity index (χ2v) is 8.30. The maximum Gasteiger partial charge on any atom is 0.253 e. The van der Waals surface area contributed by atoms with Crippen molar-refractivity contribution in [1.82, 2.24) is 4.90 Å². The molecule has 1 aliphatic carbocycles. The fraction of sp³-hybridized carbons (Fsp3) is 0.440. The van der Waals surface area contributed by atoms with Gasteiger partial charge in [-0.05, 0) is 86.9 Å². The fourth-order valence-corrected chi connectivity index (χ4v) is 4.25. The van der Waals surface area contributed by atoms with Crippen LogP contribution in [0.25, 0.3) is 0 Å². The Morgan fingerprint density at radius 2 is 1.70 bits per heavy atom. The van der Waals surface area contributed by atoms with Crippen molar-refractivity contribution in [2.75, 3.05) is 18.4 Å². The first-order valence-electron chi connectivity index (χ1n) is 11.1. The maximum absolute atomic E-state index is 12.4. The summed E-state index contributed by atoms with van der Waals surface area (Å²) in [4.78, 5) is 26.7. The van der Waals surface area contributed by atoms with E-state index in [9.17, 15) is 9.59 Å². The number of nitrogens with zero attached hydrogens (tertiary/aromatic N) is 1. The van der Waals surface area contributed by atoms with Crippen LogP contribution in [0.3, 0.4) is 0 Å². The van der Waals surface area contributed by atoms with Crippen molar-refractivity contribution in [2.45, 2.75) is 57.5 Å². The van der Waals surface area contributed by atoms with Crippen molar-refractivity contribution in [2.24, 2.45) is 0 Å². The predicted molar refractivity (Wildman–Crippen MR) is 118 cm³/mol. The highest BCUT2D eigenvalue weighted by molar-refractivity contribution is 5.96. The molecule has 0 aromatic heterocycles. The Morgan fingerprint density at radius 3 is 2.43 bits per heavy atom. The van der Waals surface area contributed by atoms with Crippen LogP contribution in [-0.2, 0) is 11.2 Å². The van der Waals surface area contributed by atoms with E-state index in [1.165, 1.54) is 12.8 Å². The van der Waals surface area contributed by atoms with Gasteiger partial charge >= 0.3 is 0 Å². The van der Waals surface area contributed by atoms with E-state index in [0.29, 0.717) is 24.5 Å². The van der Waals surface area contributed by atoms with E-state index in [1.807, 2.05) is 29.2 Å². The van der Waals surface area contributed by atoms with E-state index in [2.05, 4.69) is 5.32 Å². The van der Waals surface area contributed by atoms with Crippen LogP contribution in [0.15, 0.2) is 48.5 Å². The lowest BCUT2D eigenvalue weighted by molar-refractivity contribution is -0.116. The smallest absolute Gasteiger partial charge is 0.253 e. The first kappa shape index (κ1) is 20.5. The normalized spacial score (nSPS) is 16.6. The minimum absolute atomic E-state index is 0.0317. The van der Waals surface area contributed by atoms with Crippen LogP contribution in [0.1, 0.15) is 60.9 Å². The average molecular weight is 407 g/mol. The Morgan fingerprint density at radius 1 is 0.967 bits per heavy atom. The number of rotatable bonds is 7. The number of carbonyl (C=O) groups excluding carboxylic acids is 2. The largest absolute Gasteiger partial charge is 0.490 e. The van der Waals surface area contributed by atoms with Crippen molar-refractivity contribution in [3.05, 3.63) is 59.7 Å². The van der Waals surface area contributed by atoms with Crippen molar-refractivity contribution in [3.8, 4) is 5.75 Å². The molecule has 4 rings (SSSR count). The van der Waals surface area contributed by atoms with Gasteiger partial charge in [0.25, 0.3) is 5.91 Å². The molecule has 5 nitrogen and oxygen atoms in total. The van der Waals surface area contributed by atoms with Crippen molar-refractivity contribution >= 4 is 17.5 Å². The molecule has 5 heteroatoms. The standard InChI is InChI=1S/C25H30N2O3/c28-24(15-10-19-6-5-9-23(18-19)30-22-7-1-2-8-22)26-21-13-11-20(12-14-21)25(29)27-16-3-4-17-27/h5-6,9,11-14,18,22H,1-4,7-8,10,15-17H2,(H,26,28). The molecule has 0 radical (unpaired) electrons. The van der Waals surface area contributed by atoms with Gasteiger partial charge in [-0.25, -0.2) is 0 Å². The van der Waals surface area contributed by atoms with Crippen LogP contribution in [0.5, 0.6) is 5.75 Å². The number of benzene rings is 2. The number of likely N-dealkylation sites (tertiary alicyclic amines) is 1. The molecule has 2 amide bonds. The Labute approximate surface area is 178 Å². The number of hydrogen-bond acceptors (Lipinski definition) is 3. The average Bonchev–Trinajstić information content (AvgIpc) is 3.47. The summed E-state index contributed by atoms with van der Waals surface area (Å²) in [6.45, 7) is 1.68. The Balaban J connectivity index is 1.26. The second kappa shape index (κ2) is 9.79. The van der Waals surface area contributed by atoms with Gasteiger partial charge in [-0.2, -0.15) is 0 Å². The van der Waals surface area contributed by atoms with Gasteiger partial charge in [0, 0.05) is 30.8 Å². The topological polar surface area (TPSA) is 58.6 Å². The van der Waals surface area contributed by atoms with E-state index < -0.39 is 0 Å². The van der Waals surface area contributed by atoms with Crippen LogP contribution in [0, 0.1) is 0 Å². The predicted octanol–water partition coefficient (Wildman–Crippen LogP) is 4.82. The molecular weight excluding hydrogens is 376 g/mol. The number of carbonyl (C=O) groups is 2. The molecule has 2 aromatic rings. The first-order chi connectivity index (χ1) is 14.7. The van der Waals surface area contributed by atoms with Gasteiger partial charge in [0.1, 0.15) is 5.75 Å². The molecule has 0 atom stereocenters. The summed E-state index contributed by atoms with van der Waals surface area (Å²) >= 11 is 0. The van der Waals surface area contributed by atoms with Gasteiger partial charge < -0.3 is 15.0 Å². The lowest BCUT2D eigenvalue weighted by atomic mass is 10.1. The van der Waals surface area contributed by atoms with Crippen LogP contribution < -0.4 is 10.1 Å². The molecule has 1 N–H and O–H groups in total. The zero-order valence-electron chi connectivity index (χ0n) is 17.4. The molecule has 1 saturated heterocycles. The van der Waals surface area contributed by atoms with E-state index >= 15 is 0 Å². The van der Waals surface area contributed by atoms with Crippen LogP contribution in [0.4, 0.5) is 5.69 Å². The molecule has 0 spiro atoms. The van der Waals surface area contributed by atoms with Crippen molar-refractivity contribution < 1.29 is 14.3 Å². The molecular formula is C25H30N2O3. The van der Waals surface area contributed by atoms with E-state index in [1.54, 1.807) is 24.3 Å². The summed E-state index contributed by atoms with van der Waals surface area (Å²) in [5, 5.41) is 2.93. The number of hydrogen-bond donors (Lipinski definition) is 1. The summed E-state index contributed by atoms with van der Waals surface area (Å²) in [5.74, 6) is 0.943. The summed E-state index contributed by atoms with van der Waals surface area (Å²) in [6.07, 6.45) is 8.33. The lowest BCUT2D eigenvalue weighted by Crippen LogP contribution is -2.27. The maximum atomic E-state index is 12.4. The van der Waals surface area contributed by atoms with Gasteiger partial charge in [0.15, 0.2) is 0 Å². The van der Waals surface area contributed by atoms with Gasteiger partial charge in [-0.15, -0.1) is 0 Å². The number of nitrogens with one attached hydrogen (secondary N) is 1. The molecule has 1 saturated carbocycles. The summed E-state index contributed by atoms with van der Waals surface area (Å²) in [6, 6.07) is 15.3. The molecule has 0 unspecified atom stereocenters. The third-order valence-electron chi connectivity index (χ3n) is 5.95. The Hall–Kier alpha value is -2.82. The quantitative estimate of drug-likeness (QED) is 0.717. The molecule has 2 fully saturated rings. The third-order valence-corrected chi connectivity index (χ3v) is 5.95. The second-order valence-electron chi connectivity index (χ2n) is 8.30. The molecule has 158 valence electrons. The highest BCUT2D eigenvalue weighted by atomic mass is 16.5. The minimum atomic E-state index is -0.0317. The number of aryl methyl sites for hydroxylation is 1. The Bertz CT molecular complexity index is 866. The van der Waals surface area contributed by atoms with E-state index in [4.69, 9.17) is 4.74 Å². The zero-order chi connectivity index (χ0) is 20.8. The highest BCUT2D eigenvalue weighted by Gasteiger charge is 2.19. The SMILES string of the molecule is O=C(CCc1cccc(OC2CCCC2)c1)Nc1ccc(C(=O)N2CCCC2)cc1. The summed E-state index contributed by atoms with van der Waals surface area (Å²) < 4.78 is 6.05. The first-order valence-corrected chi connectivity index (χ1v) is 11.1. The zero-order valence-corrected chi connectivity index (χ0v) is 17.4. The minimum Gasteiger partial charge on any atom is -0.490 e. The van der Waals surface area contributed by atoms with Gasteiger partial charge in [-0.3, -0.25) is 9.59 Å². The van der Waals surface area contributed by atoms with E-state index in [0.717, 1.165) is 55.8 Å². The number of ether oxygens (including phenoxy) is 1. The van der Waals surface area contributed by atoms with Crippen LogP contribution in [-0.4, -0.2) is 35.9 Å². The summed E-state index contributed by atoms with van der Waals surface area (Å²) in [5.41, 5.74) is 2.50. The molecule has 0 bridgehead atoms. The highest BCUT2D eigenvalue weighted by Crippen LogP contribution is 2.25. The number of anilines is 1. The molecule has 2 aromatic carbocycles. The van der Waals surface area contributed by atoms with Gasteiger partial charge in [-0.1, -0.05) is 12.1 Å². The molecule has 1 heterocycles. The fourth-order valence-electron chi connectivity index (χ4n) is 4.25. The molecule has 2 aliphatic rings. The monoisotopic (exact) mass is 406 g/mol. The third kappa shape index (κ3) is 5.41. The van der Waals surface area contributed by atoms with Crippen molar-refractivity contribution in [3.63, 3.8) is 0 Å². The summed E-state index contributed by atoms with van der Waals surface area (Å²) in [7, 11) is 0. The molecule has 1 aliphatic heterocycles. The number of amides is 2.